The van der Waals surface area contributed by atoms with E-state index in [0.29, 0.717) is 31.3 Å². The molecule has 0 bridgehead atoms. The van der Waals surface area contributed by atoms with Crippen LogP contribution in [-0.2, 0) is 4.79 Å². The number of benzene rings is 1. The number of methoxy groups -OCH3 is 1. The van der Waals surface area contributed by atoms with Gasteiger partial charge in [-0.25, -0.2) is 4.39 Å². The molecule has 0 aromatic heterocycles. The fourth-order valence-corrected chi connectivity index (χ4v) is 4.02. The molecule has 2 fully saturated rings. The van der Waals surface area contributed by atoms with E-state index in [1.165, 1.54) is 38.2 Å². The van der Waals surface area contributed by atoms with Gasteiger partial charge in [-0.05, 0) is 31.0 Å². The summed E-state index contributed by atoms with van der Waals surface area (Å²) in [6.45, 7) is 1.19. The maximum atomic E-state index is 13.5. The van der Waals surface area contributed by atoms with Crippen molar-refractivity contribution < 1.29 is 18.7 Å². The van der Waals surface area contributed by atoms with Crippen molar-refractivity contribution in [2.45, 2.75) is 38.1 Å². The third-order valence-electron chi connectivity index (χ3n) is 5.27. The van der Waals surface area contributed by atoms with E-state index in [1.807, 2.05) is 4.90 Å². The smallest absolute Gasteiger partial charge is 0.257 e. The summed E-state index contributed by atoms with van der Waals surface area (Å²) < 4.78 is 18.7. The van der Waals surface area contributed by atoms with Gasteiger partial charge in [0.05, 0.1) is 12.7 Å². The molecule has 1 saturated heterocycles. The first-order chi connectivity index (χ1) is 12.0. The summed E-state index contributed by atoms with van der Waals surface area (Å²) in [6, 6.07) is 4.30. The highest BCUT2D eigenvalue weighted by Gasteiger charge is 2.36. The Morgan fingerprint density at radius 1 is 1.36 bits per heavy atom. The van der Waals surface area contributed by atoms with Crippen LogP contribution in [0.25, 0.3) is 0 Å². The number of halogens is 1. The summed E-state index contributed by atoms with van der Waals surface area (Å²) in [6.07, 6.45) is 5.05. The predicted molar refractivity (Wildman–Crippen MR) is 92.0 cm³/mol. The summed E-state index contributed by atoms with van der Waals surface area (Å²) >= 11 is 0. The van der Waals surface area contributed by atoms with Crippen LogP contribution >= 0.6 is 0 Å². The second kappa shape index (κ2) is 7.42. The Hall–Kier alpha value is -2.11. The Balaban J connectivity index is 1.64. The number of rotatable bonds is 5. The molecule has 6 heteroatoms. The van der Waals surface area contributed by atoms with Crippen molar-refractivity contribution in [1.82, 2.24) is 9.80 Å². The number of hydrogen-bond acceptors (Lipinski definition) is 3. The molecule has 2 amide bonds. The standard InChI is InChI=1S/C19H25FN2O3/c1-21(19(24)16-10-14(20)7-8-17(16)25-2)11-13-9-18(23)22(12-13)15-5-3-4-6-15/h7-8,10,13,15H,3-6,9,11-12H2,1-2H3/t13-/m1/s1. The molecule has 25 heavy (non-hydrogen) atoms. The molecule has 1 aliphatic carbocycles. The molecule has 2 aliphatic rings. The Kier molecular flexibility index (Phi) is 5.25. The molecule has 136 valence electrons. The first kappa shape index (κ1) is 17.7. The lowest BCUT2D eigenvalue weighted by atomic mass is 10.1. The zero-order valence-electron chi connectivity index (χ0n) is 14.8. The van der Waals surface area contributed by atoms with E-state index in [-0.39, 0.29) is 23.3 Å². The number of hydrogen-bond donors (Lipinski definition) is 0. The van der Waals surface area contributed by atoms with Crippen LogP contribution in [0.2, 0.25) is 0 Å². The minimum absolute atomic E-state index is 0.126. The topological polar surface area (TPSA) is 49.9 Å². The normalized spacial score (nSPS) is 21.0. The van der Waals surface area contributed by atoms with Gasteiger partial charge in [-0.3, -0.25) is 9.59 Å². The van der Waals surface area contributed by atoms with Crippen LogP contribution in [0.5, 0.6) is 5.75 Å². The van der Waals surface area contributed by atoms with Gasteiger partial charge in [-0.1, -0.05) is 12.8 Å². The maximum absolute atomic E-state index is 13.5. The van der Waals surface area contributed by atoms with Crippen LogP contribution in [0.4, 0.5) is 4.39 Å². The second-order valence-corrected chi connectivity index (χ2v) is 7.08. The number of carbonyl (C=O) groups excluding carboxylic acids is 2. The fourth-order valence-electron chi connectivity index (χ4n) is 4.02. The van der Waals surface area contributed by atoms with E-state index >= 15 is 0 Å². The predicted octanol–water partition coefficient (Wildman–Crippen LogP) is 2.70. The monoisotopic (exact) mass is 348 g/mol. The van der Waals surface area contributed by atoms with Crippen molar-refractivity contribution in [2.75, 3.05) is 27.2 Å². The molecule has 1 heterocycles. The van der Waals surface area contributed by atoms with Gasteiger partial charge in [0.25, 0.3) is 5.91 Å². The number of amides is 2. The molecule has 1 atom stereocenters. The quantitative estimate of drug-likeness (QED) is 0.822. The van der Waals surface area contributed by atoms with Crippen molar-refractivity contribution in [3.05, 3.63) is 29.6 Å². The molecule has 1 saturated carbocycles. The third kappa shape index (κ3) is 3.78. The van der Waals surface area contributed by atoms with Gasteiger partial charge in [0.2, 0.25) is 5.91 Å². The molecule has 0 spiro atoms. The van der Waals surface area contributed by atoms with Gasteiger partial charge >= 0.3 is 0 Å². The van der Waals surface area contributed by atoms with Crippen molar-refractivity contribution in [3.8, 4) is 5.75 Å². The summed E-state index contributed by atoms with van der Waals surface area (Å²) in [5.74, 6) is -0.0832. The molecule has 1 aromatic carbocycles. The van der Waals surface area contributed by atoms with Gasteiger partial charge in [0.1, 0.15) is 11.6 Å². The average Bonchev–Trinajstić information content (AvgIpc) is 3.23. The second-order valence-electron chi connectivity index (χ2n) is 7.08. The Bertz CT molecular complexity index is 658. The summed E-state index contributed by atoms with van der Waals surface area (Å²) in [5.41, 5.74) is 0.210. The molecular weight excluding hydrogens is 323 g/mol. The van der Waals surface area contributed by atoms with Gasteiger partial charge < -0.3 is 14.5 Å². The van der Waals surface area contributed by atoms with Crippen molar-refractivity contribution in [2.24, 2.45) is 5.92 Å². The molecule has 0 unspecified atom stereocenters. The Morgan fingerprint density at radius 3 is 2.76 bits per heavy atom. The fraction of sp³-hybridized carbons (Fsp3) is 0.579. The number of likely N-dealkylation sites (tertiary alicyclic amines) is 1. The molecule has 0 N–H and O–H groups in total. The zero-order valence-corrected chi connectivity index (χ0v) is 14.8. The number of carbonyl (C=O) groups is 2. The highest BCUT2D eigenvalue weighted by molar-refractivity contribution is 5.96. The van der Waals surface area contributed by atoms with Gasteiger partial charge in [0.15, 0.2) is 0 Å². The van der Waals surface area contributed by atoms with E-state index in [1.54, 1.807) is 11.9 Å². The SMILES string of the molecule is COc1ccc(F)cc1C(=O)N(C)C[C@H]1CC(=O)N(C2CCCC2)C1. The summed E-state index contributed by atoms with van der Waals surface area (Å²) in [4.78, 5) is 28.5. The van der Waals surface area contributed by atoms with Crippen LogP contribution in [0.15, 0.2) is 18.2 Å². The zero-order chi connectivity index (χ0) is 18.0. The van der Waals surface area contributed by atoms with E-state index in [4.69, 9.17) is 4.74 Å². The van der Waals surface area contributed by atoms with Crippen molar-refractivity contribution >= 4 is 11.8 Å². The van der Waals surface area contributed by atoms with Crippen LogP contribution in [0, 0.1) is 11.7 Å². The number of ether oxygens (including phenoxy) is 1. The molecule has 1 aromatic rings. The minimum atomic E-state index is -0.471. The minimum Gasteiger partial charge on any atom is -0.496 e. The lowest BCUT2D eigenvalue weighted by Crippen LogP contribution is -2.36. The van der Waals surface area contributed by atoms with Gasteiger partial charge in [0, 0.05) is 38.5 Å². The first-order valence-corrected chi connectivity index (χ1v) is 8.88. The maximum Gasteiger partial charge on any atom is 0.257 e. The lowest BCUT2D eigenvalue weighted by molar-refractivity contribution is -0.129. The number of nitrogens with zero attached hydrogens (tertiary/aromatic N) is 2. The lowest BCUT2D eigenvalue weighted by Gasteiger charge is -2.25. The Morgan fingerprint density at radius 2 is 2.08 bits per heavy atom. The van der Waals surface area contributed by atoms with Crippen molar-refractivity contribution in [3.63, 3.8) is 0 Å². The highest BCUT2D eigenvalue weighted by atomic mass is 19.1. The van der Waals surface area contributed by atoms with Gasteiger partial charge in [-0.15, -0.1) is 0 Å². The van der Waals surface area contributed by atoms with Crippen LogP contribution in [-0.4, -0.2) is 54.9 Å². The van der Waals surface area contributed by atoms with E-state index in [9.17, 15) is 14.0 Å². The summed E-state index contributed by atoms with van der Waals surface area (Å²) in [7, 11) is 3.15. The van der Waals surface area contributed by atoms with Crippen LogP contribution in [0.3, 0.4) is 0 Å². The summed E-state index contributed by atoms with van der Waals surface area (Å²) in [5, 5.41) is 0. The van der Waals surface area contributed by atoms with Gasteiger partial charge in [-0.2, -0.15) is 0 Å². The molecule has 0 radical (unpaired) electrons. The van der Waals surface area contributed by atoms with Crippen LogP contribution in [0.1, 0.15) is 42.5 Å². The Labute approximate surface area is 147 Å². The molecular formula is C19H25FN2O3. The molecule has 3 rings (SSSR count). The van der Waals surface area contributed by atoms with E-state index < -0.39 is 5.82 Å². The largest absolute Gasteiger partial charge is 0.496 e. The van der Waals surface area contributed by atoms with E-state index in [2.05, 4.69) is 0 Å². The third-order valence-corrected chi connectivity index (χ3v) is 5.27. The molecule has 1 aliphatic heterocycles. The highest BCUT2D eigenvalue weighted by Crippen LogP contribution is 2.30. The van der Waals surface area contributed by atoms with Crippen molar-refractivity contribution in [1.29, 1.82) is 0 Å². The van der Waals surface area contributed by atoms with E-state index in [0.717, 1.165) is 12.8 Å². The first-order valence-electron chi connectivity index (χ1n) is 8.88. The average molecular weight is 348 g/mol. The molecule has 5 nitrogen and oxygen atoms in total. The van der Waals surface area contributed by atoms with Crippen LogP contribution < -0.4 is 4.74 Å².